The molecule has 1 aromatic rings. The fourth-order valence-electron chi connectivity index (χ4n) is 2.19. The Labute approximate surface area is 121 Å². The molecule has 5 N–H and O–H groups in total. The van der Waals surface area contributed by atoms with Crippen molar-refractivity contribution < 1.29 is 18.3 Å². The number of sulfonamides is 1. The summed E-state index contributed by atoms with van der Waals surface area (Å²) in [5.41, 5.74) is 10.8. The number of β-amino-alcohol motifs (C(OH)–C–C–N with tert-alkyl or cyclic N) is 1. The highest BCUT2D eigenvalue weighted by Gasteiger charge is 2.43. The average Bonchev–Trinajstić information content (AvgIpc) is 2.71. The third-order valence-electron chi connectivity index (χ3n) is 3.12. The summed E-state index contributed by atoms with van der Waals surface area (Å²) in [5.74, 6) is -0.808. The van der Waals surface area contributed by atoms with Gasteiger partial charge in [-0.2, -0.15) is 4.31 Å². The quantitative estimate of drug-likeness (QED) is 0.649. The molecule has 2 unspecified atom stereocenters. The molecule has 7 nitrogen and oxygen atoms in total. The van der Waals surface area contributed by atoms with Crippen LogP contribution in [0.25, 0.3) is 0 Å². The smallest absolute Gasteiger partial charge is 0.245 e. The normalized spacial score (nSPS) is 23.9. The fourth-order valence-corrected chi connectivity index (χ4v) is 4.11. The summed E-state index contributed by atoms with van der Waals surface area (Å²) in [6.07, 6.45) is -0.960. The highest BCUT2D eigenvalue weighted by atomic mass is 35.5. The Balaban J connectivity index is 2.46. The number of amides is 1. The lowest BCUT2D eigenvalue weighted by Gasteiger charge is -2.22. The van der Waals surface area contributed by atoms with Crippen molar-refractivity contribution in [2.45, 2.75) is 23.5 Å². The van der Waals surface area contributed by atoms with Crippen LogP contribution in [0.3, 0.4) is 0 Å². The van der Waals surface area contributed by atoms with Crippen LogP contribution in [-0.2, 0) is 14.8 Å². The summed E-state index contributed by atoms with van der Waals surface area (Å²) in [4.78, 5) is 11.2. The van der Waals surface area contributed by atoms with E-state index in [4.69, 9.17) is 23.1 Å². The molecular formula is C11H14ClN3O4S. The number of aliphatic hydroxyl groups is 1. The van der Waals surface area contributed by atoms with Crippen LogP contribution < -0.4 is 11.5 Å². The van der Waals surface area contributed by atoms with Crippen molar-refractivity contribution in [2.75, 3.05) is 12.3 Å². The standard InChI is InChI=1S/C11H14ClN3O4S/c12-6-1-2-10(8(13)3-6)20(18,19)15-5-7(16)4-9(15)11(14)17/h1-3,7,9,16H,4-5,13H2,(H2,14,17). The molecule has 0 spiro atoms. The van der Waals surface area contributed by atoms with Crippen LogP contribution in [0, 0.1) is 0 Å². The number of hydrogen-bond donors (Lipinski definition) is 3. The minimum Gasteiger partial charge on any atom is -0.398 e. The third kappa shape index (κ3) is 2.59. The molecule has 1 aromatic carbocycles. The minimum absolute atomic E-state index is 0.0257. The van der Waals surface area contributed by atoms with Gasteiger partial charge in [-0.15, -0.1) is 0 Å². The molecule has 1 amide bonds. The van der Waals surface area contributed by atoms with Gasteiger partial charge in [0.05, 0.1) is 11.8 Å². The predicted molar refractivity (Wildman–Crippen MR) is 73.4 cm³/mol. The molecule has 20 heavy (non-hydrogen) atoms. The van der Waals surface area contributed by atoms with Gasteiger partial charge in [0.25, 0.3) is 0 Å². The summed E-state index contributed by atoms with van der Waals surface area (Å²) in [5, 5.41) is 9.88. The van der Waals surface area contributed by atoms with Crippen molar-refractivity contribution in [3.8, 4) is 0 Å². The highest BCUT2D eigenvalue weighted by molar-refractivity contribution is 7.89. The van der Waals surface area contributed by atoms with Crippen molar-refractivity contribution in [1.82, 2.24) is 4.31 Å². The topological polar surface area (TPSA) is 127 Å². The number of carbonyl (C=O) groups is 1. The second-order valence-corrected chi connectivity index (χ2v) is 6.86. The lowest BCUT2D eigenvalue weighted by atomic mass is 10.2. The number of aliphatic hydroxyl groups excluding tert-OH is 1. The zero-order chi connectivity index (χ0) is 15.1. The number of carbonyl (C=O) groups excluding carboxylic acids is 1. The Morgan fingerprint density at radius 2 is 2.10 bits per heavy atom. The molecule has 1 aliphatic heterocycles. The number of halogens is 1. The molecule has 9 heteroatoms. The van der Waals surface area contributed by atoms with E-state index in [-0.39, 0.29) is 23.5 Å². The van der Waals surface area contributed by atoms with E-state index in [1.807, 2.05) is 0 Å². The van der Waals surface area contributed by atoms with Gasteiger partial charge in [-0.25, -0.2) is 8.42 Å². The second kappa shape index (κ2) is 5.21. The number of nitrogens with two attached hydrogens (primary N) is 2. The molecule has 1 fully saturated rings. The number of nitrogen functional groups attached to an aromatic ring is 1. The maximum Gasteiger partial charge on any atom is 0.245 e. The van der Waals surface area contributed by atoms with E-state index in [0.717, 1.165) is 4.31 Å². The number of nitrogens with zero attached hydrogens (tertiary/aromatic N) is 1. The number of primary amides is 1. The van der Waals surface area contributed by atoms with Crippen LogP contribution in [-0.4, -0.2) is 42.4 Å². The van der Waals surface area contributed by atoms with E-state index in [9.17, 15) is 18.3 Å². The lowest BCUT2D eigenvalue weighted by Crippen LogP contribution is -2.43. The van der Waals surface area contributed by atoms with Gasteiger partial charge in [0.2, 0.25) is 15.9 Å². The van der Waals surface area contributed by atoms with Crippen LogP contribution in [0.4, 0.5) is 5.69 Å². The maximum absolute atomic E-state index is 12.5. The molecule has 1 saturated heterocycles. The van der Waals surface area contributed by atoms with Crippen molar-refractivity contribution >= 4 is 33.2 Å². The molecule has 0 radical (unpaired) electrons. The van der Waals surface area contributed by atoms with E-state index >= 15 is 0 Å². The van der Waals surface area contributed by atoms with Crippen LogP contribution in [0.5, 0.6) is 0 Å². The fraction of sp³-hybridized carbons (Fsp3) is 0.364. The summed E-state index contributed by atoms with van der Waals surface area (Å²) in [6.45, 7) is -0.196. The third-order valence-corrected chi connectivity index (χ3v) is 5.30. The number of anilines is 1. The lowest BCUT2D eigenvalue weighted by molar-refractivity contribution is -0.121. The highest BCUT2D eigenvalue weighted by Crippen LogP contribution is 2.30. The Kier molecular flexibility index (Phi) is 3.92. The van der Waals surface area contributed by atoms with E-state index in [1.54, 1.807) is 0 Å². The Morgan fingerprint density at radius 1 is 1.45 bits per heavy atom. The van der Waals surface area contributed by atoms with Crippen molar-refractivity contribution in [2.24, 2.45) is 5.73 Å². The maximum atomic E-state index is 12.5. The molecule has 2 atom stereocenters. The Hall–Kier alpha value is -1.35. The Bertz CT molecular complexity index is 649. The first-order chi connectivity index (χ1) is 9.23. The number of benzene rings is 1. The zero-order valence-corrected chi connectivity index (χ0v) is 11.9. The van der Waals surface area contributed by atoms with Crippen molar-refractivity contribution in [1.29, 1.82) is 0 Å². The molecule has 0 aromatic heterocycles. The second-order valence-electron chi connectivity index (χ2n) is 4.56. The molecular weight excluding hydrogens is 306 g/mol. The van der Waals surface area contributed by atoms with Crippen molar-refractivity contribution in [3.05, 3.63) is 23.2 Å². The summed E-state index contributed by atoms with van der Waals surface area (Å²) in [6, 6.07) is 2.87. The van der Waals surface area contributed by atoms with Crippen molar-refractivity contribution in [3.63, 3.8) is 0 Å². The van der Waals surface area contributed by atoms with Gasteiger partial charge in [-0.3, -0.25) is 4.79 Å². The van der Waals surface area contributed by atoms with Gasteiger partial charge in [0, 0.05) is 18.0 Å². The minimum atomic E-state index is -4.02. The zero-order valence-electron chi connectivity index (χ0n) is 10.4. The summed E-state index contributed by atoms with van der Waals surface area (Å²) < 4.78 is 25.9. The van der Waals surface area contributed by atoms with E-state index in [2.05, 4.69) is 0 Å². The largest absolute Gasteiger partial charge is 0.398 e. The molecule has 1 aliphatic rings. The first-order valence-electron chi connectivity index (χ1n) is 5.77. The van der Waals surface area contributed by atoms with Crippen LogP contribution in [0.1, 0.15) is 6.42 Å². The first-order valence-corrected chi connectivity index (χ1v) is 7.59. The summed E-state index contributed by atoms with van der Waals surface area (Å²) in [7, 11) is -4.02. The molecule has 0 bridgehead atoms. The van der Waals surface area contributed by atoms with E-state index in [1.165, 1.54) is 18.2 Å². The molecule has 0 aliphatic carbocycles. The van der Waals surface area contributed by atoms with Crippen LogP contribution in [0.15, 0.2) is 23.1 Å². The van der Waals surface area contributed by atoms with Gasteiger partial charge in [0.1, 0.15) is 10.9 Å². The average molecular weight is 320 g/mol. The predicted octanol–water partition coefficient (Wildman–Crippen LogP) is -0.469. The molecule has 0 saturated carbocycles. The first kappa shape index (κ1) is 15.0. The van der Waals surface area contributed by atoms with Gasteiger partial charge < -0.3 is 16.6 Å². The monoisotopic (exact) mass is 319 g/mol. The SMILES string of the molecule is NC(=O)C1CC(O)CN1S(=O)(=O)c1ccc(Cl)cc1N. The van der Waals surface area contributed by atoms with E-state index in [0.29, 0.717) is 5.02 Å². The molecule has 1 heterocycles. The van der Waals surface area contributed by atoms with Gasteiger partial charge in [0.15, 0.2) is 0 Å². The van der Waals surface area contributed by atoms with Gasteiger partial charge in [-0.1, -0.05) is 11.6 Å². The van der Waals surface area contributed by atoms with Crippen LogP contribution >= 0.6 is 11.6 Å². The van der Waals surface area contributed by atoms with Gasteiger partial charge >= 0.3 is 0 Å². The molecule has 110 valence electrons. The van der Waals surface area contributed by atoms with Gasteiger partial charge in [-0.05, 0) is 18.2 Å². The number of hydrogen-bond acceptors (Lipinski definition) is 5. The molecule has 2 rings (SSSR count). The Morgan fingerprint density at radius 3 is 2.65 bits per heavy atom. The summed E-state index contributed by atoms with van der Waals surface area (Å²) >= 11 is 5.73. The van der Waals surface area contributed by atoms with Crippen LogP contribution in [0.2, 0.25) is 5.02 Å². The number of rotatable bonds is 3. The van der Waals surface area contributed by atoms with E-state index < -0.39 is 28.1 Å².